The molecule has 136 valence electrons. The van der Waals surface area contributed by atoms with Crippen molar-refractivity contribution < 1.29 is 17.9 Å². The smallest absolute Gasteiger partial charge is 0.274 e. The third-order valence-corrected chi connectivity index (χ3v) is 4.83. The first-order valence-electron chi connectivity index (χ1n) is 7.80. The Morgan fingerprint density at radius 2 is 2.04 bits per heavy atom. The van der Waals surface area contributed by atoms with Crippen molar-refractivity contribution in [2.75, 3.05) is 38.8 Å². The normalized spacial score (nSPS) is 15.2. The first-order chi connectivity index (χ1) is 11.9. The average Bonchev–Trinajstić information content (AvgIpc) is 2.54. The van der Waals surface area contributed by atoms with Crippen molar-refractivity contribution in [1.82, 2.24) is 14.7 Å². The lowest BCUT2D eigenvalue weighted by Crippen LogP contribution is -2.48. The fraction of sp³-hybridized carbons (Fsp3) is 0.467. The minimum atomic E-state index is -3.63. The summed E-state index contributed by atoms with van der Waals surface area (Å²) in [6.07, 6.45) is 2.24. The number of ether oxygens (including phenoxy) is 2. The summed E-state index contributed by atoms with van der Waals surface area (Å²) in [7, 11) is -0.435. The molecule has 0 saturated carbocycles. The van der Waals surface area contributed by atoms with Gasteiger partial charge in [0.25, 0.3) is 10.2 Å². The van der Waals surface area contributed by atoms with Crippen LogP contribution in [0.1, 0.15) is 6.42 Å². The molecule has 10 heteroatoms. The molecular weight excluding hydrogens is 346 g/mol. The molecule has 0 unspecified atom stereocenters. The number of nitrogens with one attached hydrogen (secondary N) is 1. The highest BCUT2D eigenvalue weighted by atomic mass is 32.2. The number of hydrogen-bond acceptors (Lipinski definition) is 7. The van der Waals surface area contributed by atoms with Crippen molar-refractivity contribution >= 4 is 26.9 Å². The van der Waals surface area contributed by atoms with E-state index in [2.05, 4.69) is 19.6 Å². The van der Waals surface area contributed by atoms with Crippen molar-refractivity contribution in [2.45, 2.75) is 6.42 Å². The number of benzene rings is 1. The second-order valence-electron chi connectivity index (χ2n) is 5.92. The Morgan fingerprint density at radius 1 is 1.28 bits per heavy atom. The molecule has 2 heterocycles. The van der Waals surface area contributed by atoms with Crippen LogP contribution in [0.3, 0.4) is 0 Å². The number of hydrogen-bond donors (Lipinski definition) is 2. The standard InChI is InChI=1S/C15H21N5O4S/c1-23-11-5-12-14(13(6-11)24-2)17-9-18-15(12)20-7-10(8-20)3-4-19-25(16,21)22/h5-6,9-10,19H,3-4,7-8H2,1-2H3,(H2,16,21,22). The largest absolute Gasteiger partial charge is 0.497 e. The number of anilines is 1. The molecule has 0 amide bonds. The van der Waals surface area contributed by atoms with Crippen molar-refractivity contribution in [3.05, 3.63) is 18.5 Å². The van der Waals surface area contributed by atoms with Gasteiger partial charge in [0, 0.05) is 25.7 Å². The van der Waals surface area contributed by atoms with Crippen LogP contribution in [-0.2, 0) is 10.2 Å². The first-order valence-corrected chi connectivity index (χ1v) is 9.35. The van der Waals surface area contributed by atoms with Gasteiger partial charge in [0.15, 0.2) is 0 Å². The summed E-state index contributed by atoms with van der Waals surface area (Å²) in [5.74, 6) is 2.51. The maximum atomic E-state index is 10.9. The van der Waals surface area contributed by atoms with E-state index in [-0.39, 0.29) is 0 Å². The van der Waals surface area contributed by atoms with E-state index in [0.29, 0.717) is 24.0 Å². The van der Waals surface area contributed by atoms with Crippen molar-refractivity contribution in [2.24, 2.45) is 11.1 Å². The molecule has 1 fully saturated rings. The topological polar surface area (TPSA) is 120 Å². The number of nitrogens with zero attached hydrogens (tertiary/aromatic N) is 3. The molecule has 1 aromatic carbocycles. The summed E-state index contributed by atoms with van der Waals surface area (Å²) in [5.41, 5.74) is 0.729. The lowest BCUT2D eigenvalue weighted by atomic mass is 9.96. The highest BCUT2D eigenvalue weighted by Crippen LogP contribution is 2.36. The van der Waals surface area contributed by atoms with E-state index in [4.69, 9.17) is 14.6 Å². The Kier molecular flexibility index (Phi) is 4.93. The maximum Gasteiger partial charge on any atom is 0.274 e. The number of methoxy groups -OCH3 is 2. The lowest BCUT2D eigenvalue weighted by molar-refractivity contribution is 0.382. The van der Waals surface area contributed by atoms with E-state index in [1.54, 1.807) is 20.3 Å². The number of rotatable bonds is 7. The predicted octanol–water partition coefficient (Wildman–Crippen LogP) is 0.266. The third-order valence-electron chi connectivity index (χ3n) is 4.22. The van der Waals surface area contributed by atoms with Gasteiger partial charge in [-0.2, -0.15) is 8.42 Å². The van der Waals surface area contributed by atoms with Crippen LogP contribution in [0.2, 0.25) is 0 Å². The minimum Gasteiger partial charge on any atom is -0.497 e. The van der Waals surface area contributed by atoms with Gasteiger partial charge in [0.1, 0.15) is 29.2 Å². The summed E-state index contributed by atoms with van der Waals surface area (Å²) in [4.78, 5) is 10.9. The van der Waals surface area contributed by atoms with Crippen molar-refractivity contribution in [3.63, 3.8) is 0 Å². The second-order valence-corrected chi connectivity index (χ2v) is 7.30. The van der Waals surface area contributed by atoms with Crippen LogP contribution < -0.4 is 24.2 Å². The van der Waals surface area contributed by atoms with Gasteiger partial charge in [-0.3, -0.25) is 0 Å². The zero-order valence-electron chi connectivity index (χ0n) is 14.1. The zero-order valence-corrected chi connectivity index (χ0v) is 14.9. The van der Waals surface area contributed by atoms with E-state index >= 15 is 0 Å². The van der Waals surface area contributed by atoms with E-state index < -0.39 is 10.2 Å². The molecule has 0 atom stereocenters. The van der Waals surface area contributed by atoms with Crippen LogP contribution >= 0.6 is 0 Å². The molecule has 0 spiro atoms. The average molecular weight is 367 g/mol. The number of nitrogens with two attached hydrogens (primary N) is 1. The van der Waals surface area contributed by atoms with Gasteiger partial charge in [-0.25, -0.2) is 19.8 Å². The summed E-state index contributed by atoms with van der Waals surface area (Å²) in [6, 6.07) is 3.68. The fourth-order valence-electron chi connectivity index (χ4n) is 2.95. The number of fused-ring (bicyclic) bond motifs is 1. The van der Waals surface area contributed by atoms with Gasteiger partial charge in [-0.05, 0) is 18.4 Å². The summed E-state index contributed by atoms with van der Waals surface area (Å²) in [5, 5.41) is 5.79. The van der Waals surface area contributed by atoms with Gasteiger partial charge >= 0.3 is 0 Å². The molecule has 9 nitrogen and oxygen atoms in total. The van der Waals surface area contributed by atoms with Gasteiger partial charge in [0.2, 0.25) is 0 Å². The van der Waals surface area contributed by atoms with E-state index in [1.807, 2.05) is 6.07 Å². The molecule has 1 aromatic heterocycles. The predicted molar refractivity (Wildman–Crippen MR) is 94.1 cm³/mol. The lowest BCUT2D eigenvalue weighted by Gasteiger charge is -2.40. The maximum absolute atomic E-state index is 10.9. The molecule has 25 heavy (non-hydrogen) atoms. The van der Waals surface area contributed by atoms with Crippen LogP contribution in [0.5, 0.6) is 11.5 Å². The van der Waals surface area contributed by atoms with E-state index in [1.165, 1.54) is 6.33 Å². The Morgan fingerprint density at radius 3 is 2.68 bits per heavy atom. The monoisotopic (exact) mass is 367 g/mol. The Balaban J connectivity index is 1.75. The molecule has 3 N–H and O–H groups in total. The third kappa shape index (κ3) is 3.91. The molecule has 0 bridgehead atoms. The first kappa shape index (κ1) is 17.6. The van der Waals surface area contributed by atoms with E-state index in [0.717, 1.165) is 36.2 Å². The second kappa shape index (κ2) is 6.98. The molecule has 0 aliphatic carbocycles. The number of aromatic nitrogens is 2. The zero-order chi connectivity index (χ0) is 18.0. The van der Waals surface area contributed by atoms with Gasteiger partial charge in [0.05, 0.1) is 19.6 Å². The Hall–Kier alpha value is -2.17. The van der Waals surface area contributed by atoms with Crippen LogP contribution in [0.25, 0.3) is 10.9 Å². The summed E-state index contributed by atoms with van der Waals surface area (Å²) in [6.45, 7) is 1.92. The molecule has 2 aromatic rings. The summed E-state index contributed by atoms with van der Waals surface area (Å²) >= 11 is 0. The van der Waals surface area contributed by atoms with Gasteiger partial charge in [-0.15, -0.1) is 0 Å². The van der Waals surface area contributed by atoms with Crippen LogP contribution in [0, 0.1) is 5.92 Å². The van der Waals surface area contributed by atoms with Crippen LogP contribution in [0.4, 0.5) is 5.82 Å². The molecular formula is C15H21N5O4S. The molecule has 1 saturated heterocycles. The highest BCUT2D eigenvalue weighted by Gasteiger charge is 2.29. The molecule has 1 aliphatic rings. The fourth-order valence-corrected chi connectivity index (χ4v) is 3.36. The Labute approximate surface area is 146 Å². The molecule has 0 radical (unpaired) electrons. The minimum absolute atomic E-state index is 0.337. The highest BCUT2D eigenvalue weighted by molar-refractivity contribution is 7.87. The van der Waals surface area contributed by atoms with Crippen molar-refractivity contribution in [1.29, 1.82) is 0 Å². The quantitative estimate of drug-likeness (QED) is 0.720. The summed E-state index contributed by atoms with van der Waals surface area (Å²) < 4.78 is 34.8. The van der Waals surface area contributed by atoms with Crippen molar-refractivity contribution in [3.8, 4) is 11.5 Å². The Bertz CT molecular complexity index is 868. The molecule has 3 rings (SSSR count). The van der Waals surface area contributed by atoms with Gasteiger partial charge < -0.3 is 14.4 Å². The van der Waals surface area contributed by atoms with E-state index in [9.17, 15) is 8.42 Å². The SMILES string of the molecule is COc1cc(OC)c2ncnc(N3CC(CCNS(N)(=O)=O)C3)c2c1. The van der Waals surface area contributed by atoms with Gasteiger partial charge in [-0.1, -0.05) is 0 Å². The molecule has 1 aliphatic heterocycles. The van der Waals surface area contributed by atoms with Crippen LogP contribution in [-0.4, -0.2) is 52.2 Å². The van der Waals surface area contributed by atoms with Crippen LogP contribution in [0.15, 0.2) is 18.5 Å².